The maximum absolute atomic E-state index is 12.5. The van der Waals surface area contributed by atoms with E-state index in [0.29, 0.717) is 0 Å². The average Bonchev–Trinajstić information content (AvgIpc) is 3.30. The van der Waals surface area contributed by atoms with E-state index in [2.05, 4.69) is 63.3 Å². The third-order valence-electron chi connectivity index (χ3n) is 6.01. The summed E-state index contributed by atoms with van der Waals surface area (Å²) in [7, 11) is 0. The third kappa shape index (κ3) is 3.83. The Hall–Kier alpha value is -2.92. The molecule has 0 radical (unpaired) electrons. The Morgan fingerprint density at radius 1 is 0.897 bits per heavy atom. The Labute approximate surface area is 171 Å². The van der Waals surface area contributed by atoms with Gasteiger partial charge in [-0.1, -0.05) is 54.6 Å². The predicted molar refractivity (Wildman–Crippen MR) is 116 cm³/mol. The SMILES string of the molecule is O=c1[nH]c(N2CCCC2)nc2c1CCN(Cc1ccc(-c3ccccc3)cc1)C2. The first-order valence-electron chi connectivity index (χ1n) is 10.5. The first kappa shape index (κ1) is 18.1. The van der Waals surface area contributed by atoms with Gasteiger partial charge in [0.1, 0.15) is 0 Å². The van der Waals surface area contributed by atoms with Gasteiger partial charge in [-0.15, -0.1) is 0 Å². The van der Waals surface area contributed by atoms with Crippen molar-refractivity contribution >= 4 is 5.95 Å². The van der Waals surface area contributed by atoms with E-state index in [1.807, 2.05) is 6.07 Å². The highest BCUT2D eigenvalue weighted by molar-refractivity contribution is 5.63. The first-order valence-corrected chi connectivity index (χ1v) is 10.5. The van der Waals surface area contributed by atoms with E-state index in [1.165, 1.54) is 29.5 Å². The van der Waals surface area contributed by atoms with Crippen LogP contribution in [0.4, 0.5) is 5.95 Å². The largest absolute Gasteiger partial charge is 0.342 e. The molecule has 1 fully saturated rings. The van der Waals surface area contributed by atoms with Crippen LogP contribution in [-0.4, -0.2) is 34.5 Å². The highest BCUT2D eigenvalue weighted by Crippen LogP contribution is 2.23. The highest BCUT2D eigenvalue weighted by atomic mass is 16.1. The third-order valence-corrected chi connectivity index (χ3v) is 6.01. The monoisotopic (exact) mass is 386 g/mol. The molecule has 1 N–H and O–H groups in total. The number of rotatable bonds is 4. The molecule has 5 nitrogen and oxygen atoms in total. The maximum atomic E-state index is 12.5. The number of aromatic nitrogens is 2. The summed E-state index contributed by atoms with van der Waals surface area (Å²) in [5.74, 6) is 0.750. The van der Waals surface area contributed by atoms with Crippen LogP contribution in [0.15, 0.2) is 59.4 Å². The fourth-order valence-electron chi connectivity index (χ4n) is 4.39. The molecule has 2 aliphatic heterocycles. The van der Waals surface area contributed by atoms with Crippen LogP contribution in [-0.2, 0) is 19.5 Å². The van der Waals surface area contributed by atoms with E-state index in [4.69, 9.17) is 4.98 Å². The molecule has 3 heterocycles. The van der Waals surface area contributed by atoms with Crippen molar-refractivity contribution in [1.82, 2.24) is 14.9 Å². The summed E-state index contributed by atoms with van der Waals surface area (Å²) in [5.41, 5.74) is 5.62. The van der Waals surface area contributed by atoms with E-state index < -0.39 is 0 Å². The number of hydrogen-bond acceptors (Lipinski definition) is 4. The van der Waals surface area contributed by atoms with Gasteiger partial charge in [0.15, 0.2) is 0 Å². The molecule has 0 spiro atoms. The molecule has 0 amide bonds. The van der Waals surface area contributed by atoms with Crippen molar-refractivity contribution in [2.24, 2.45) is 0 Å². The molecule has 0 saturated carbocycles. The van der Waals surface area contributed by atoms with Crippen molar-refractivity contribution in [3.05, 3.63) is 81.8 Å². The molecule has 1 saturated heterocycles. The van der Waals surface area contributed by atoms with E-state index in [9.17, 15) is 4.79 Å². The van der Waals surface area contributed by atoms with Crippen molar-refractivity contribution in [2.45, 2.75) is 32.4 Å². The fraction of sp³-hybridized carbons (Fsp3) is 0.333. The molecular formula is C24H26N4O. The fourth-order valence-corrected chi connectivity index (χ4v) is 4.39. The molecule has 5 rings (SSSR count). The van der Waals surface area contributed by atoms with Crippen molar-refractivity contribution in [2.75, 3.05) is 24.5 Å². The molecule has 29 heavy (non-hydrogen) atoms. The van der Waals surface area contributed by atoms with Gasteiger partial charge in [0.2, 0.25) is 5.95 Å². The minimum Gasteiger partial charge on any atom is -0.342 e. The highest BCUT2D eigenvalue weighted by Gasteiger charge is 2.23. The molecule has 148 valence electrons. The quantitative estimate of drug-likeness (QED) is 0.744. The van der Waals surface area contributed by atoms with Gasteiger partial charge in [-0.2, -0.15) is 0 Å². The van der Waals surface area contributed by atoms with Crippen LogP contribution in [0.25, 0.3) is 11.1 Å². The van der Waals surface area contributed by atoms with Gasteiger partial charge in [-0.05, 0) is 36.0 Å². The number of H-pyrrole nitrogens is 1. The van der Waals surface area contributed by atoms with Gasteiger partial charge >= 0.3 is 0 Å². The molecule has 0 aliphatic carbocycles. The summed E-state index contributed by atoms with van der Waals surface area (Å²) in [4.78, 5) is 25.0. The Kier molecular flexibility index (Phi) is 4.90. The number of hydrogen-bond donors (Lipinski definition) is 1. The second kappa shape index (κ2) is 7.84. The van der Waals surface area contributed by atoms with Crippen LogP contribution in [0.5, 0.6) is 0 Å². The summed E-state index contributed by atoms with van der Waals surface area (Å²) in [5, 5.41) is 0. The van der Waals surface area contributed by atoms with Gasteiger partial charge in [-0.25, -0.2) is 4.98 Å². The Balaban J connectivity index is 1.31. The normalized spacial score (nSPS) is 16.8. The summed E-state index contributed by atoms with van der Waals surface area (Å²) >= 11 is 0. The number of anilines is 1. The van der Waals surface area contributed by atoms with Crippen molar-refractivity contribution in [3.63, 3.8) is 0 Å². The minimum atomic E-state index is 0.0452. The van der Waals surface area contributed by atoms with Crippen molar-refractivity contribution in [1.29, 1.82) is 0 Å². The molecule has 5 heteroatoms. The Morgan fingerprint density at radius 3 is 2.38 bits per heavy atom. The molecule has 1 aromatic heterocycles. The summed E-state index contributed by atoms with van der Waals surface area (Å²) < 4.78 is 0. The second-order valence-electron chi connectivity index (χ2n) is 8.03. The van der Waals surface area contributed by atoms with Crippen LogP contribution in [0, 0.1) is 0 Å². The number of fused-ring (bicyclic) bond motifs is 1. The van der Waals surface area contributed by atoms with Crippen molar-refractivity contribution in [3.8, 4) is 11.1 Å². The van der Waals surface area contributed by atoms with E-state index >= 15 is 0 Å². The Morgan fingerprint density at radius 2 is 1.62 bits per heavy atom. The lowest BCUT2D eigenvalue weighted by Crippen LogP contribution is -2.36. The maximum Gasteiger partial charge on any atom is 0.255 e. The lowest BCUT2D eigenvalue weighted by molar-refractivity contribution is 0.240. The zero-order chi connectivity index (χ0) is 19.6. The summed E-state index contributed by atoms with van der Waals surface area (Å²) in [6.45, 7) is 4.47. The number of nitrogens with zero attached hydrogens (tertiary/aromatic N) is 3. The smallest absolute Gasteiger partial charge is 0.255 e. The molecule has 0 atom stereocenters. The van der Waals surface area contributed by atoms with Crippen LogP contribution in [0.3, 0.4) is 0 Å². The second-order valence-corrected chi connectivity index (χ2v) is 8.03. The summed E-state index contributed by atoms with van der Waals surface area (Å²) in [6, 6.07) is 19.3. The van der Waals surface area contributed by atoms with Gasteiger partial charge in [0.05, 0.1) is 5.69 Å². The van der Waals surface area contributed by atoms with Gasteiger partial charge in [-0.3, -0.25) is 14.7 Å². The average molecular weight is 386 g/mol. The van der Waals surface area contributed by atoms with Gasteiger partial charge < -0.3 is 4.90 Å². The molecule has 0 unspecified atom stereocenters. The lowest BCUT2D eigenvalue weighted by atomic mass is 10.0. The Bertz CT molecular complexity index is 1040. The first-order chi connectivity index (χ1) is 14.3. The zero-order valence-electron chi connectivity index (χ0n) is 16.6. The molecule has 0 bridgehead atoms. The van der Waals surface area contributed by atoms with Crippen LogP contribution < -0.4 is 10.5 Å². The number of aromatic amines is 1. The van der Waals surface area contributed by atoms with Crippen LogP contribution in [0.2, 0.25) is 0 Å². The molecular weight excluding hydrogens is 360 g/mol. The molecule has 2 aliphatic rings. The zero-order valence-corrected chi connectivity index (χ0v) is 16.6. The number of nitrogens with one attached hydrogen (secondary N) is 1. The minimum absolute atomic E-state index is 0.0452. The summed E-state index contributed by atoms with van der Waals surface area (Å²) in [6.07, 6.45) is 3.11. The molecule has 3 aromatic rings. The lowest BCUT2D eigenvalue weighted by Gasteiger charge is -2.28. The van der Waals surface area contributed by atoms with Crippen LogP contribution >= 0.6 is 0 Å². The van der Waals surface area contributed by atoms with Crippen molar-refractivity contribution < 1.29 is 0 Å². The number of benzene rings is 2. The predicted octanol–water partition coefficient (Wildman–Crippen LogP) is 3.60. The van der Waals surface area contributed by atoms with E-state index in [1.54, 1.807) is 0 Å². The topological polar surface area (TPSA) is 52.2 Å². The van der Waals surface area contributed by atoms with E-state index in [0.717, 1.165) is 56.4 Å². The van der Waals surface area contributed by atoms with Gasteiger partial charge in [0.25, 0.3) is 5.56 Å². The standard InChI is InChI=1S/C24H26N4O/c29-23-21-12-15-27(17-22(21)25-24(26-23)28-13-4-5-14-28)16-18-8-10-20(11-9-18)19-6-2-1-3-7-19/h1-3,6-11H,4-5,12-17H2,(H,25,26,29). The van der Waals surface area contributed by atoms with Gasteiger partial charge in [0, 0.05) is 38.3 Å². The van der Waals surface area contributed by atoms with E-state index in [-0.39, 0.29) is 5.56 Å². The van der Waals surface area contributed by atoms with Crippen LogP contribution in [0.1, 0.15) is 29.7 Å². The molecule has 2 aromatic carbocycles.